The van der Waals surface area contributed by atoms with Crippen LogP contribution >= 0.6 is 0 Å². The molecule has 1 aliphatic heterocycles. The molecule has 5 nitrogen and oxygen atoms in total. The number of aromatic nitrogens is 3. The Morgan fingerprint density at radius 2 is 2.13 bits per heavy atom. The van der Waals surface area contributed by atoms with Gasteiger partial charge < -0.3 is 4.90 Å². The lowest BCUT2D eigenvalue weighted by Crippen LogP contribution is -2.32. The van der Waals surface area contributed by atoms with Crippen LogP contribution in [0.5, 0.6) is 0 Å². The average molecular weight is 305 g/mol. The number of hydrogen-bond acceptors (Lipinski definition) is 5. The van der Waals surface area contributed by atoms with Crippen LogP contribution in [0.4, 0.5) is 5.82 Å². The number of nitrogens with zero attached hydrogens (tertiary/aromatic N) is 5. The van der Waals surface area contributed by atoms with Gasteiger partial charge >= 0.3 is 0 Å². The molecule has 0 aromatic carbocycles. The van der Waals surface area contributed by atoms with Gasteiger partial charge in [-0.1, -0.05) is 12.5 Å². The van der Waals surface area contributed by atoms with Gasteiger partial charge in [0.25, 0.3) is 0 Å². The first kappa shape index (κ1) is 14.1. The van der Waals surface area contributed by atoms with Gasteiger partial charge in [0.05, 0.1) is 0 Å². The fraction of sp³-hybridized carbons (Fsp3) is 0.444. The first-order chi connectivity index (χ1) is 11.2. The highest BCUT2D eigenvalue weighted by atomic mass is 15.3. The minimum absolute atomic E-state index is 0.373. The highest BCUT2D eigenvalue weighted by Gasteiger charge is 2.24. The van der Waals surface area contributed by atoms with Crippen LogP contribution in [0.3, 0.4) is 0 Å². The molecule has 0 amide bonds. The molecule has 2 aromatic rings. The number of aryl methyl sites for hydroxylation is 1. The van der Waals surface area contributed by atoms with Crippen molar-refractivity contribution in [1.82, 2.24) is 15.2 Å². The molecule has 2 aliphatic rings. The Labute approximate surface area is 136 Å². The SMILES string of the molecule is Cc1cc(C#N)nnc1N1CCc2ncc(C3CCC3)cc2C1. The third-order valence-corrected chi connectivity index (χ3v) is 5.01. The molecule has 2 aromatic heterocycles. The van der Waals surface area contributed by atoms with Crippen molar-refractivity contribution in [3.8, 4) is 6.07 Å². The van der Waals surface area contributed by atoms with E-state index in [1.54, 1.807) is 6.07 Å². The summed E-state index contributed by atoms with van der Waals surface area (Å²) in [7, 11) is 0. The Bertz CT molecular complexity index is 788. The summed E-state index contributed by atoms with van der Waals surface area (Å²) in [5, 5.41) is 17.2. The molecule has 0 unspecified atom stereocenters. The molecule has 0 atom stereocenters. The van der Waals surface area contributed by atoms with Crippen LogP contribution in [0, 0.1) is 18.3 Å². The van der Waals surface area contributed by atoms with Crippen molar-refractivity contribution in [2.45, 2.75) is 45.1 Å². The topological polar surface area (TPSA) is 65.7 Å². The van der Waals surface area contributed by atoms with Crippen molar-refractivity contribution in [2.24, 2.45) is 0 Å². The van der Waals surface area contributed by atoms with Crippen LogP contribution in [0.1, 0.15) is 53.3 Å². The van der Waals surface area contributed by atoms with E-state index in [4.69, 9.17) is 10.2 Å². The molecule has 3 heterocycles. The monoisotopic (exact) mass is 305 g/mol. The quantitative estimate of drug-likeness (QED) is 0.853. The predicted octanol–water partition coefficient (Wildman–Crippen LogP) is 2.88. The number of rotatable bonds is 2. The second kappa shape index (κ2) is 5.62. The smallest absolute Gasteiger partial charge is 0.163 e. The third-order valence-electron chi connectivity index (χ3n) is 5.01. The number of anilines is 1. The second-order valence-electron chi connectivity index (χ2n) is 6.52. The van der Waals surface area contributed by atoms with Gasteiger partial charge in [0.1, 0.15) is 6.07 Å². The molecule has 0 spiro atoms. The summed E-state index contributed by atoms with van der Waals surface area (Å²) in [5.41, 5.74) is 5.29. The molecule has 0 N–H and O–H groups in total. The maximum absolute atomic E-state index is 8.93. The summed E-state index contributed by atoms with van der Waals surface area (Å²) in [6, 6.07) is 6.19. The predicted molar refractivity (Wildman–Crippen MR) is 87.1 cm³/mol. The summed E-state index contributed by atoms with van der Waals surface area (Å²) in [5.74, 6) is 1.59. The van der Waals surface area contributed by atoms with Crippen LogP contribution in [0.2, 0.25) is 0 Å². The molecule has 0 saturated heterocycles. The van der Waals surface area contributed by atoms with Crippen molar-refractivity contribution >= 4 is 5.82 Å². The van der Waals surface area contributed by atoms with E-state index in [1.807, 2.05) is 13.0 Å². The lowest BCUT2D eigenvalue weighted by Gasteiger charge is -2.31. The minimum atomic E-state index is 0.373. The fourth-order valence-electron chi connectivity index (χ4n) is 3.44. The number of fused-ring (bicyclic) bond motifs is 1. The van der Waals surface area contributed by atoms with Gasteiger partial charge in [-0.25, -0.2) is 0 Å². The molecule has 23 heavy (non-hydrogen) atoms. The van der Waals surface area contributed by atoms with Gasteiger partial charge in [-0.3, -0.25) is 4.98 Å². The highest BCUT2D eigenvalue weighted by Crippen LogP contribution is 2.37. The van der Waals surface area contributed by atoms with Crippen LogP contribution in [0.25, 0.3) is 0 Å². The van der Waals surface area contributed by atoms with Gasteiger partial charge in [-0.15, -0.1) is 10.2 Å². The average Bonchev–Trinajstić information content (AvgIpc) is 2.52. The van der Waals surface area contributed by atoms with Crippen LogP contribution in [-0.4, -0.2) is 21.7 Å². The molecule has 116 valence electrons. The van der Waals surface area contributed by atoms with Crippen molar-refractivity contribution < 1.29 is 0 Å². The van der Waals surface area contributed by atoms with Crippen molar-refractivity contribution in [2.75, 3.05) is 11.4 Å². The maximum Gasteiger partial charge on any atom is 0.163 e. The zero-order valence-corrected chi connectivity index (χ0v) is 13.3. The van der Waals surface area contributed by atoms with E-state index in [9.17, 15) is 0 Å². The van der Waals surface area contributed by atoms with E-state index in [0.29, 0.717) is 11.6 Å². The van der Waals surface area contributed by atoms with Gasteiger partial charge in [0.15, 0.2) is 11.5 Å². The first-order valence-corrected chi connectivity index (χ1v) is 8.21. The van der Waals surface area contributed by atoms with E-state index < -0.39 is 0 Å². The zero-order valence-electron chi connectivity index (χ0n) is 13.3. The van der Waals surface area contributed by atoms with Gasteiger partial charge in [-0.05, 0) is 48.4 Å². The molecule has 4 rings (SSSR count). The fourth-order valence-corrected chi connectivity index (χ4v) is 3.44. The third kappa shape index (κ3) is 2.55. The van der Waals surface area contributed by atoms with Gasteiger partial charge in [0.2, 0.25) is 0 Å². The highest BCUT2D eigenvalue weighted by molar-refractivity contribution is 5.49. The Morgan fingerprint density at radius 3 is 2.83 bits per heavy atom. The Balaban J connectivity index is 1.61. The summed E-state index contributed by atoms with van der Waals surface area (Å²) < 4.78 is 0. The molecule has 0 radical (unpaired) electrons. The standard InChI is InChI=1S/C18H19N5/c1-12-7-16(9-19)21-22-18(12)23-6-5-17-15(11-23)8-14(10-20-17)13-3-2-4-13/h7-8,10,13H,2-6,11H2,1H3. The van der Waals surface area contributed by atoms with Crippen LogP contribution in [-0.2, 0) is 13.0 Å². The van der Waals surface area contributed by atoms with Crippen molar-refractivity contribution in [3.63, 3.8) is 0 Å². The second-order valence-corrected chi connectivity index (χ2v) is 6.52. The van der Waals surface area contributed by atoms with E-state index in [2.05, 4.69) is 27.4 Å². The van der Waals surface area contributed by atoms with E-state index >= 15 is 0 Å². The number of hydrogen-bond donors (Lipinski definition) is 0. The lowest BCUT2D eigenvalue weighted by atomic mass is 9.80. The Hall–Kier alpha value is -2.48. The van der Waals surface area contributed by atoms with Gasteiger partial charge in [-0.2, -0.15) is 5.26 Å². The normalized spacial score (nSPS) is 17.3. The van der Waals surface area contributed by atoms with Gasteiger partial charge in [0, 0.05) is 31.4 Å². The lowest BCUT2D eigenvalue weighted by molar-refractivity contribution is 0.418. The number of nitriles is 1. The molecule has 1 saturated carbocycles. The first-order valence-electron chi connectivity index (χ1n) is 8.21. The largest absolute Gasteiger partial charge is 0.350 e. The van der Waals surface area contributed by atoms with Crippen molar-refractivity contribution in [1.29, 1.82) is 5.26 Å². The van der Waals surface area contributed by atoms with E-state index in [-0.39, 0.29) is 0 Å². The molecular formula is C18H19N5. The summed E-state index contributed by atoms with van der Waals surface area (Å²) in [6.07, 6.45) is 6.94. The molecule has 1 fully saturated rings. The molecular weight excluding hydrogens is 286 g/mol. The Kier molecular flexibility index (Phi) is 3.45. The summed E-state index contributed by atoms with van der Waals surface area (Å²) in [4.78, 5) is 6.94. The molecule has 1 aliphatic carbocycles. The van der Waals surface area contributed by atoms with Crippen LogP contribution < -0.4 is 4.90 Å². The van der Waals surface area contributed by atoms with E-state index in [0.717, 1.165) is 30.9 Å². The molecule has 0 bridgehead atoms. The summed E-state index contributed by atoms with van der Waals surface area (Å²) >= 11 is 0. The van der Waals surface area contributed by atoms with Crippen LogP contribution in [0.15, 0.2) is 18.3 Å². The maximum atomic E-state index is 8.93. The summed E-state index contributed by atoms with van der Waals surface area (Å²) in [6.45, 7) is 3.71. The zero-order chi connectivity index (χ0) is 15.8. The Morgan fingerprint density at radius 1 is 1.26 bits per heavy atom. The molecule has 5 heteroatoms. The van der Waals surface area contributed by atoms with Crippen molar-refractivity contribution in [3.05, 3.63) is 46.4 Å². The number of pyridine rings is 1. The minimum Gasteiger partial charge on any atom is -0.350 e. The van der Waals surface area contributed by atoms with E-state index in [1.165, 1.54) is 36.1 Å².